The summed E-state index contributed by atoms with van der Waals surface area (Å²) in [7, 11) is 2.15. The van der Waals surface area contributed by atoms with E-state index in [0.717, 1.165) is 19.5 Å². The Bertz CT molecular complexity index is 371. The minimum absolute atomic E-state index is 0.457. The molecule has 0 radical (unpaired) electrons. The van der Waals surface area contributed by atoms with E-state index in [9.17, 15) is 0 Å². The molecular weight excluding hydrogens is 220 g/mol. The van der Waals surface area contributed by atoms with Gasteiger partial charge >= 0.3 is 0 Å². The maximum Gasteiger partial charge on any atom is 0.0187 e. The fourth-order valence-corrected chi connectivity index (χ4v) is 2.02. The van der Waals surface area contributed by atoms with Gasteiger partial charge in [0, 0.05) is 19.1 Å². The van der Waals surface area contributed by atoms with Gasteiger partial charge in [0.25, 0.3) is 0 Å². The molecule has 2 heteroatoms. The smallest absolute Gasteiger partial charge is 0.0187 e. The van der Waals surface area contributed by atoms with Crippen LogP contribution in [0.5, 0.6) is 0 Å². The lowest BCUT2D eigenvalue weighted by molar-refractivity contribution is 0.266. The van der Waals surface area contributed by atoms with E-state index in [2.05, 4.69) is 57.8 Å². The summed E-state index contributed by atoms with van der Waals surface area (Å²) in [4.78, 5) is 2.33. The molecule has 1 aromatic rings. The first-order valence-electron chi connectivity index (χ1n) is 6.95. The fraction of sp³-hybridized carbons (Fsp3) is 0.625. The Kier molecular flexibility index (Phi) is 5.83. The summed E-state index contributed by atoms with van der Waals surface area (Å²) in [5.41, 5.74) is 10.00. The summed E-state index contributed by atoms with van der Waals surface area (Å²) in [5, 5.41) is 0. The number of hydrogen-bond donors (Lipinski definition) is 1. The molecule has 0 heterocycles. The lowest BCUT2D eigenvalue weighted by Crippen LogP contribution is -2.36. The van der Waals surface area contributed by atoms with Crippen LogP contribution in [0.3, 0.4) is 0 Å². The first kappa shape index (κ1) is 15.2. The Morgan fingerprint density at radius 3 is 2.44 bits per heavy atom. The van der Waals surface area contributed by atoms with Crippen LogP contribution in [0.15, 0.2) is 18.2 Å². The van der Waals surface area contributed by atoms with Gasteiger partial charge in [0.05, 0.1) is 0 Å². The quantitative estimate of drug-likeness (QED) is 0.838. The third-order valence-electron chi connectivity index (χ3n) is 3.87. The molecule has 18 heavy (non-hydrogen) atoms. The van der Waals surface area contributed by atoms with E-state index < -0.39 is 0 Å². The van der Waals surface area contributed by atoms with E-state index in [1.807, 2.05) is 0 Å². The number of hydrogen-bond acceptors (Lipinski definition) is 2. The Balaban J connectivity index is 2.69. The summed E-state index contributed by atoms with van der Waals surface area (Å²) >= 11 is 0. The molecule has 0 aliphatic carbocycles. The van der Waals surface area contributed by atoms with Crippen molar-refractivity contribution in [2.75, 3.05) is 20.1 Å². The zero-order valence-electron chi connectivity index (χ0n) is 12.5. The summed E-state index contributed by atoms with van der Waals surface area (Å²) in [6, 6.07) is 7.31. The van der Waals surface area contributed by atoms with Crippen LogP contribution >= 0.6 is 0 Å². The molecule has 0 aliphatic heterocycles. The van der Waals surface area contributed by atoms with Crippen LogP contribution < -0.4 is 5.73 Å². The average Bonchev–Trinajstić information content (AvgIpc) is 2.36. The molecular formula is C16H28N2. The van der Waals surface area contributed by atoms with E-state index in [-0.39, 0.29) is 0 Å². The second kappa shape index (κ2) is 6.91. The lowest BCUT2D eigenvalue weighted by Gasteiger charge is -2.23. The molecule has 1 rings (SSSR count). The predicted molar refractivity (Wildman–Crippen MR) is 80.1 cm³/mol. The number of benzene rings is 1. The van der Waals surface area contributed by atoms with Gasteiger partial charge in [-0.05, 0) is 49.9 Å². The highest BCUT2D eigenvalue weighted by Crippen LogP contribution is 2.19. The molecule has 0 saturated heterocycles. The standard InChI is InChI=1S/C16H28N2/c1-12(2)15-7-6-13(3)16(10-15)8-9-18(5)14(4)11-17/h6-7,10,12,14H,8-9,11,17H2,1-5H3. The minimum atomic E-state index is 0.457. The maximum absolute atomic E-state index is 5.69. The number of likely N-dealkylation sites (N-methyl/N-ethyl adjacent to an activating group) is 1. The van der Waals surface area contributed by atoms with Crippen LogP contribution in [0, 0.1) is 6.92 Å². The highest BCUT2D eigenvalue weighted by Gasteiger charge is 2.09. The molecule has 2 N–H and O–H groups in total. The van der Waals surface area contributed by atoms with Crippen molar-refractivity contribution in [2.45, 2.75) is 46.1 Å². The Labute approximate surface area is 112 Å². The zero-order chi connectivity index (χ0) is 13.7. The topological polar surface area (TPSA) is 29.3 Å². The van der Waals surface area contributed by atoms with E-state index >= 15 is 0 Å². The fourth-order valence-electron chi connectivity index (χ4n) is 2.02. The third kappa shape index (κ3) is 4.11. The molecule has 0 fully saturated rings. The normalized spacial score (nSPS) is 13.3. The molecule has 0 bridgehead atoms. The molecule has 0 spiro atoms. The molecule has 0 aliphatic rings. The van der Waals surface area contributed by atoms with Crippen LogP contribution in [-0.2, 0) is 6.42 Å². The number of aryl methyl sites for hydroxylation is 1. The van der Waals surface area contributed by atoms with Crippen LogP contribution in [0.2, 0.25) is 0 Å². The summed E-state index contributed by atoms with van der Waals surface area (Å²) < 4.78 is 0. The Morgan fingerprint density at radius 2 is 1.89 bits per heavy atom. The van der Waals surface area contributed by atoms with Gasteiger partial charge in [0.15, 0.2) is 0 Å². The molecule has 2 nitrogen and oxygen atoms in total. The first-order valence-corrected chi connectivity index (χ1v) is 6.95. The van der Waals surface area contributed by atoms with Gasteiger partial charge in [0.2, 0.25) is 0 Å². The highest BCUT2D eigenvalue weighted by molar-refractivity contribution is 5.32. The van der Waals surface area contributed by atoms with Crippen molar-refractivity contribution in [3.63, 3.8) is 0 Å². The SMILES string of the molecule is Cc1ccc(C(C)C)cc1CCN(C)C(C)CN. The summed E-state index contributed by atoms with van der Waals surface area (Å²) in [6.07, 6.45) is 1.10. The first-order chi connectivity index (χ1) is 8.45. The molecule has 0 aromatic heterocycles. The average molecular weight is 248 g/mol. The van der Waals surface area contributed by atoms with Crippen LogP contribution in [0.1, 0.15) is 43.4 Å². The van der Waals surface area contributed by atoms with E-state index in [0.29, 0.717) is 12.0 Å². The minimum Gasteiger partial charge on any atom is -0.329 e. The highest BCUT2D eigenvalue weighted by atomic mass is 15.1. The van der Waals surface area contributed by atoms with Gasteiger partial charge in [-0.25, -0.2) is 0 Å². The number of nitrogens with zero attached hydrogens (tertiary/aromatic N) is 1. The Hall–Kier alpha value is -0.860. The summed E-state index contributed by atoms with van der Waals surface area (Å²) in [6.45, 7) is 10.7. The predicted octanol–water partition coefficient (Wildman–Crippen LogP) is 2.94. The van der Waals surface area contributed by atoms with Crippen molar-refractivity contribution >= 4 is 0 Å². The van der Waals surface area contributed by atoms with Crippen molar-refractivity contribution in [2.24, 2.45) is 5.73 Å². The van der Waals surface area contributed by atoms with E-state index in [4.69, 9.17) is 5.73 Å². The maximum atomic E-state index is 5.69. The van der Waals surface area contributed by atoms with E-state index in [1.54, 1.807) is 0 Å². The van der Waals surface area contributed by atoms with Gasteiger partial charge in [-0.1, -0.05) is 32.0 Å². The molecule has 0 amide bonds. The van der Waals surface area contributed by atoms with Crippen LogP contribution in [-0.4, -0.2) is 31.1 Å². The molecule has 1 unspecified atom stereocenters. The van der Waals surface area contributed by atoms with Crippen molar-refractivity contribution in [1.29, 1.82) is 0 Å². The number of rotatable bonds is 6. The van der Waals surface area contributed by atoms with E-state index in [1.165, 1.54) is 16.7 Å². The van der Waals surface area contributed by atoms with Crippen LogP contribution in [0.4, 0.5) is 0 Å². The third-order valence-corrected chi connectivity index (χ3v) is 3.87. The Morgan fingerprint density at radius 1 is 1.22 bits per heavy atom. The van der Waals surface area contributed by atoms with Gasteiger partial charge in [-0.2, -0.15) is 0 Å². The molecule has 1 atom stereocenters. The molecule has 0 saturated carbocycles. The van der Waals surface area contributed by atoms with Gasteiger partial charge < -0.3 is 10.6 Å². The van der Waals surface area contributed by atoms with Crippen molar-refractivity contribution in [1.82, 2.24) is 4.90 Å². The summed E-state index contributed by atoms with van der Waals surface area (Å²) in [5.74, 6) is 0.602. The van der Waals surface area contributed by atoms with Crippen molar-refractivity contribution < 1.29 is 0 Å². The van der Waals surface area contributed by atoms with Crippen molar-refractivity contribution in [3.05, 3.63) is 34.9 Å². The molecule has 102 valence electrons. The molecule has 1 aromatic carbocycles. The monoisotopic (exact) mass is 248 g/mol. The number of nitrogens with two attached hydrogens (primary N) is 1. The second-order valence-electron chi connectivity index (χ2n) is 5.66. The van der Waals surface area contributed by atoms with Gasteiger partial charge in [0.1, 0.15) is 0 Å². The lowest BCUT2D eigenvalue weighted by atomic mass is 9.96. The van der Waals surface area contributed by atoms with Gasteiger partial charge in [-0.15, -0.1) is 0 Å². The van der Waals surface area contributed by atoms with Gasteiger partial charge in [-0.3, -0.25) is 0 Å². The van der Waals surface area contributed by atoms with Crippen LogP contribution in [0.25, 0.3) is 0 Å². The van der Waals surface area contributed by atoms with Crippen molar-refractivity contribution in [3.8, 4) is 0 Å². The zero-order valence-corrected chi connectivity index (χ0v) is 12.5. The second-order valence-corrected chi connectivity index (χ2v) is 5.66. The largest absolute Gasteiger partial charge is 0.329 e.